The average molecular weight is 289 g/mol. The third kappa shape index (κ3) is 3.59. The molecule has 0 aliphatic heterocycles. The summed E-state index contributed by atoms with van der Waals surface area (Å²) in [7, 11) is 1.59. The fourth-order valence-electron chi connectivity index (χ4n) is 2.11. The first-order valence-electron chi connectivity index (χ1n) is 6.93. The number of fused-ring (bicyclic) bond motifs is 1. The van der Waals surface area contributed by atoms with Crippen molar-refractivity contribution < 1.29 is 14.6 Å². The molecule has 1 heterocycles. The van der Waals surface area contributed by atoms with E-state index in [9.17, 15) is 9.90 Å². The second-order valence-electron chi connectivity index (χ2n) is 4.78. The van der Waals surface area contributed by atoms with Crippen LogP contribution in [0.2, 0.25) is 0 Å². The molecule has 2 N–H and O–H groups in total. The number of unbranched alkanes of at least 4 members (excludes halogenated alkanes) is 1. The number of carbonyl (C=O) groups is 1. The molecule has 2 rings (SSSR count). The summed E-state index contributed by atoms with van der Waals surface area (Å²) in [5.41, 5.74) is 0.714. The number of rotatable bonds is 7. The molecule has 0 saturated carbocycles. The Kier molecular flexibility index (Phi) is 4.92. The normalized spacial score (nSPS) is 12.1. The van der Waals surface area contributed by atoms with E-state index in [0.717, 1.165) is 18.2 Å². The second-order valence-corrected chi connectivity index (χ2v) is 4.78. The van der Waals surface area contributed by atoms with Gasteiger partial charge in [-0.2, -0.15) is 0 Å². The van der Waals surface area contributed by atoms with E-state index < -0.39 is 12.0 Å². The van der Waals surface area contributed by atoms with Crippen molar-refractivity contribution in [1.82, 2.24) is 9.97 Å². The number of aromatic nitrogens is 2. The molecular formula is C15H19N3O3. The Balaban J connectivity index is 2.30. The molecule has 112 valence electrons. The van der Waals surface area contributed by atoms with Crippen LogP contribution in [-0.4, -0.2) is 34.2 Å². The first kappa shape index (κ1) is 15.0. The number of hydrogen-bond acceptors (Lipinski definition) is 5. The number of carboxylic acids is 1. The minimum atomic E-state index is -0.872. The Morgan fingerprint density at radius 2 is 2.24 bits per heavy atom. The topological polar surface area (TPSA) is 84.3 Å². The van der Waals surface area contributed by atoms with Crippen molar-refractivity contribution in [3.05, 3.63) is 24.5 Å². The number of benzene rings is 1. The van der Waals surface area contributed by atoms with E-state index in [1.165, 1.54) is 6.33 Å². The van der Waals surface area contributed by atoms with Crippen molar-refractivity contribution in [2.24, 2.45) is 0 Å². The molecule has 0 saturated heterocycles. The molecule has 6 nitrogen and oxygen atoms in total. The van der Waals surface area contributed by atoms with Gasteiger partial charge in [-0.25, -0.2) is 14.8 Å². The van der Waals surface area contributed by atoms with Gasteiger partial charge in [-0.15, -0.1) is 0 Å². The highest BCUT2D eigenvalue weighted by atomic mass is 16.5. The van der Waals surface area contributed by atoms with Crippen molar-refractivity contribution >= 4 is 22.7 Å². The monoisotopic (exact) mass is 289 g/mol. The molecule has 21 heavy (non-hydrogen) atoms. The van der Waals surface area contributed by atoms with Gasteiger partial charge in [0.05, 0.1) is 12.6 Å². The molecule has 1 unspecified atom stereocenters. The summed E-state index contributed by atoms with van der Waals surface area (Å²) in [5, 5.41) is 13.1. The van der Waals surface area contributed by atoms with Crippen molar-refractivity contribution in [3.8, 4) is 5.75 Å². The number of anilines is 1. The van der Waals surface area contributed by atoms with E-state index in [-0.39, 0.29) is 0 Å². The highest BCUT2D eigenvalue weighted by molar-refractivity contribution is 5.91. The predicted octanol–water partition coefficient (Wildman–Crippen LogP) is 2.69. The van der Waals surface area contributed by atoms with E-state index in [4.69, 9.17) is 4.74 Å². The fraction of sp³-hybridized carbons (Fsp3) is 0.400. The van der Waals surface area contributed by atoms with Crippen molar-refractivity contribution in [2.45, 2.75) is 32.2 Å². The molecule has 0 aliphatic rings. The van der Waals surface area contributed by atoms with Gasteiger partial charge in [-0.3, -0.25) is 0 Å². The van der Waals surface area contributed by atoms with Crippen LogP contribution < -0.4 is 10.1 Å². The van der Waals surface area contributed by atoms with Crippen LogP contribution in [0.3, 0.4) is 0 Å². The zero-order chi connectivity index (χ0) is 15.2. The summed E-state index contributed by atoms with van der Waals surface area (Å²) in [5.74, 6) is 0.364. The summed E-state index contributed by atoms with van der Waals surface area (Å²) in [4.78, 5) is 19.7. The molecule has 0 fully saturated rings. The van der Waals surface area contributed by atoms with E-state index in [2.05, 4.69) is 15.3 Å². The van der Waals surface area contributed by atoms with Crippen LogP contribution in [0.4, 0.5) is 5.82 Å². The third-order valence-corrected chi connectivity index (χ3v) is 3.30. The molecule has 0 bridgehead atoms. The van der Waals surface area contributed by atoms with Crippen molar-refractivity contribution in [3.63, 3.8) is 0 Å². The summed E-state index contributed by atoms with van der Waals surface area (Å²) in [6.07, 6.45) is 3.78. The van der Waals surface area contributed by atoms with Gasteiger partial charge in [0.25, 0.3) is 0 Å². The Labute approximate surface area is 123 Å². The maximum absolute atomic E-state index is 11.3. The number of aliphatic carboxylic acids is 1. The average Bonchev–Trinajstić information content (AvgIpc) is 2.50. The number of carboxylic acid groups (broad SMARTS) is 1. The molecule has 0 amide bonds. The lowest BCUT2D eigenvalue weighted by molar-refractivity contribution is -0.138. The number of nitrogens with zero attached hydrogens (tertiary/aromatic N) is 2. The molecule has 1 aromatic heterocycles. The smallest absolute Gasteiger partial charge is 0.326 e. The highest BCUT2D eigenvalue weighted by Gasteiger charge is 2.18. The van der Waals surface area contributed by atoms with E-state index in [0.29, 0.717) is 23.5 Å². The third-order valence-electron chi connectivity index (χ3n) is 3.30. The molecule has 2 aromatic rings. The number of methoxy groups -OCH3 is 1. The van der Waals surface area contributed by atoms with Gasteiger partial charge in [0.15, 0.2) is 0 Å². The lowest BCUT2D eigenvalue weighted by atomic mass is 10.1. The molecule has 0 radical (unpaired) electrons. The summed E-state index contributed by atoms with van der Waals surface area (Å²) in [6, 6.07) is 4.78. The number of nitrogens with one attached hydrogen (secondary N) is 1. The Hall–Kier alpha value is -2.37. The van der Waals surface area contributed by atoms with Crippen LogP contribution in [0, 0.1) is 0 Å². The van der Waals surface area contributed by atoms with Crippen LogP contribution in [0.5, 0.6) is 5.75 Å². The van der Waals surface area contributed by atoms with Crippen molar-refractivity contribution in [1.29, 1.82) is 0 Å². The molecule has 0 spiro atoms. The SMILES string of the molecule is CCCCC(Nc1ncnc2cc(OC)ccc12)C(=O)O. The van der Waals surface area contributed by atoms with E-state index in [1.54, 1.807) is 19.2 Å². The van der Waals surface area contributed by atoms with Gasteiger partial charge in [0.2, 0.25) is 0 Å². The Morgan fingerprint density at radius 1 is 1.43 bits per heavy atom. The van der Waals surface area contributed by atoms with Gasteiger partial charge >= 0.3 is 5.97 Å². The quantitative estimate of drug-likeness (QED) is 0.815. The highest BCUT2D eigenvalue weighted by Crippen LogP contribution is 2.24. The minimum absolute atomic E-state index is 0.533. The van der Waals surface area contributed by atoms with Crippen LogP contribution >= 0.6 is 0 Å². The Morgan fingerprint density at radius 3 is 2.90 bits per heavy atom. The standard InChI is InChI=1S/C15H19N3O3/c1-3-4-5-12(15(19)20)18-14-11-7-6-10(21-2)8-13(11)16-9-17-14/h6-9,12H,3-5H2,1-2H3,(H,19,20)(H,16,17,18). The van der Waals surface area contributed by atoms with Gasteiger partial charge in [0, 0.05) is 11.5 Å². The first-order chi connectivity index (χ1) is 10.2. The minimum Gasteiger partial charge on any atom is -0.497 e. The maximum atomic E-state index is 11.3. The molecular weight excluding hydrogens is 270 g/mol. The molecule has 1 aromatic carbocycles. The van der Waals surface area contributed by atoms with Crippen LogP contribution in [0.1, 0.15) is 26.2 Å². The lowest BCUT2D eigenvalue weighted by Gasteiger charge is -2.16. The summed E-state index contributed by atoms with van der Waals surface area (Å²) < 4.78 is 5.16. The Bertz CT molecular complexity index is 631. The maximum Gasteiger partial charge on any atom is 0.326 e. The summed E-state index contributed by atoms with van der Waals surface area (Å²) >= 11 is 0. The number of ether oxygens (including phenoxy) is 1. The van der Waals surface area contributed by atoms with Gasteiger partial charge in [0.1, 0.15) is 23.9 Å². The van der Waals surface area contributed by atoms with Gasteiger partial charge in [-0.05, 0) is 18.6 Å². The second kappa shape index (κ2) is 6.88. The lowest BCUT2D eigenvalue weighted by Crippen LogP contribution is -2.29. The van der Waals surface area contributed by atoms with E-state index in [1.807, 2.05) is 13.0 Å². The van der Waals surface area contributed by atoms with E-state index >= 15 is 0 Å². The van der Waals surface area contributed by atoms with Crippen LogP contribution in [0.15, 0.2) is 24.5 Å². The fourth-order valence-corrected chi connectivity index (χ4v) is 2.11. The predicted molar refractivity (Wildman–Crippen MR) is 80.7 cm³/mol. The molecule has 0 aliphatic carbocycles. The first-order valence-corrected chi connectivity index (χ1v) is 6.93. The van der Waals surface area contributed by atoms with Crippen LogP contribution in [-0.2, 0) is 4.79 Å². The number of hydrogen-bond donors (Lipinski definition) is 2. The van der Waals surface area contributed by atoms with Crippen LogP contribution in [0.25, 0.3) is 10.9 Å². The zero-order valence-electron chi connectivity index (χ0n) is 12.2. The summed E-state index contributed by atoms with van der Waals surface area (Å²) in [6.45, 7) is 2.03. The largest absolute Gasteiger partial charge is 0.497 e. The zero-order valence-corrected chi connectivity index (χ0v) is 12.2. The van der Waals surface area contributed by atoms with Gasteiger partial charge < -0.3 is 15.2 Å². The molecule has 1 atom stereocenters. The van der Waals surface area contributed by atoms with Gasteiger partial charge in [-0.1, -0.05) is 19.8 Å². The van der Waals surface area contributed by atoms with Crippen molar-refractivity contribution in [2.75, 3.05) is 12.4 Å². The molecule has 6 heteroatoms.